The Kier molecular flexibility index (Phi) is 15.0. The molecule has 0 aromatic heterocycles. The Morgan fingerprint density at radius 3 is 0.667 bits per heavy atom. The van der Waals surface area contributed by atoms with Gasteiger partial charge in [-0.25, -0.2) is 0 Å². The van der Waals surface area contributed by atoms with Crippen molar-refractivity contribution in [2.45, 2.75) is 0 Å². The van der Waals surface area contributed by atoms with Gasteiger partial charge in [0.05, 0.1) is 15.8 Å². The summed E-state index contributed by atoms with van der Waals surface area (Å²) < 4.78 is 1.92. The second-order valence-corrected chi connectivity index (χ2v) is 21.4. The molecule has 0 N–H and O–H groups in total. The number of rotatable bonds is 7. The maximum Gasteiger partial charge on any atom is 0.102 e. The van der Waals surface area contributed by atoms with Gasteiger partial charge >= 0.3 is 73.4 Å². The van der Waals surface area contributed by atoms with Gasteiger partial charge in [0, 0.05) is 0 Å². The number of benzene rings is 7. The molecule has 0 saturated heterocycles. The maximum atomic E-state index is 5.67. The molecule has 0 radical (unpaired) electrons. The molecule has 0 aliphatic heterocycles. The number of hydrogen-bond acceptors (Lipinski definition) is 0. The van der Waals surface area contributed by atoms with Crippen LogP contribution in [0, 0.1) is 0 Å². The predicted molar refractivity (Wildman–Crippen MR) is 216 cm³/mol. The smallest absolute Gasteiger partial charge is 0.0620 e. The van der Waals surface area contributed by atoms with Crippen LogP contribution < -0.4 is 31.8 Å². The standard InChI is InChI=1S/2C18H15P.C7H6.2ClH.Ru/c2*1-4-10-16(11-5-1)19(17-12-6-2-7-13-17)18-14-8-3-9-15-18;1-7-5-3-2-4-6-7;;;/h2*1-15H;1-6H;2*1H;/q;;;;;+2. The molecule has 240 valence electrons. The first kappa shape index (κ1) is 35.8. The molecule has 7 rings (SSSR count). The molecule has 0 nitrogen and oxygen atoms in total. The van der Waals surface area contributed by atoms with Gasteiger partial charge in [0.25, 0.3) is 0 Å². The van der Waals surface area contributed by atoms with Crippen molar-refractivity contribution < 1.29 is 13.5 Å². The minimum Gasteiger partial charge on any atom is -0.0620 e. The summed E-state index contributed by atoms with van der Waals surface area (Å²) in [6.07, 6.45) is 0. The maximum absolute atomic E-state index is 5.67. The zero-order valence-corrected chi connectivity index (χ0v) is 31.6. The van der Waals surface area contributed by atoms with Crippen LogP contribution in [0.1, 0.15) is 5.56 Å². The zero-order valence-electron chi connectivity index (χ0n) is 26.4. The van der Waals surface area contributed by atoms with E-state index in [1.165, 1.54) is 31.8 Å². The van der Waals surface area contributed by atoms with E-state index in [4.69, 9.17) is 19.4 Å². The van der Waals surface area contributed by atoms with Gasteiger partial charge in [0.1, 0.15) is 31.8 Å². The van der Waals surface area contributed by atoms with Crippen molar-refractivity contribution in [2.75, 3.05) is 0 Å². The van der Waals surface area contributed by atoms with E-state index in [9.17, 15) is 0 Å². The van der Waals surface area contributed by atoms with Gasteiger partial charge < -0.3 is 0 Å². The molecular formula is C43H38Cl2P2Ru+2. The van der Waals surface area contributed by atoms with Crippen molar-refractivity contribution in [3.8, 4) is 0 Å². The van der Waals surface area contributed by atoms with Gasteiger partial charge in [-0.15, -0.1) is 0 Å². The summed E-state index contributed by atoms with van der Waals surface area (Å²) in [4.78, 5) is 0. The van der Waals surface area contributed by atoms with Crippen LogP contribution in [0.4, 0.5) is 0 Å². The summed E-state index contributed by atoms with van der Waals surface area (Å²) in [5.74, 6) is 0. The van der Waals surface area contributed by atoms with Crippen molar-refractivity contribution in [2.24, 2.45) is 0 Å². The molecule has 0 atom stereocenters. The quantitative estimate of drug-likeness (QED) is 0.112. The molecule has 7 aromatic rings. The third-order valence-electron chi connectivity index (χ3n) is 7.37. The van der Waals surface area contributed by atoms with Crippen LogP contribution in [0.2, 0.25) is 0 Å². The molecular weight excluding hydrogens is 750 g/mol. The van der Waals surface area contributed by atoms with Crippen LogP contribution in [0.3, 0.4) is 0 Å². The molecule has 48 heavy (non-hydrogen) atoms. The van der Waals surface area contributed by atoms with E-state index >= 15 is 0 Å². The first-order chi connectivity index (χ1) is 23.7. The summed E-state index contributed by atoms with van der Waals surface area (Å²) in [7, 11) is 9.58. The van der Waals surface area contributed by atoms with Crippen molar-refractivity contribution in [3.63, 3.8) is 0 Å². The summed E-state index contributed by atoms with van der Waals surface area (Å²) >= 11 is -1.61. The average molecular weight is 789 g/mol. The largest absolute Gasteiger partial charge is 0.102 e. The van der Waals surface area contributed by atoms with Crippen LogP contribution in [-0.2, 0) is 13.5 Å². The average Bonchev–Trinajstić information content (AvgIpc) is 3.15. The Hall–Kier alpha value is -3.53. The monoisotopic (exact) mass is 788 g/mol. The van der Waals surface area contributed by atoms with Gasteiger partial charge in [-0.1, -0.05) is 109 Å². The van der Waals surface area contributed by atoms with Gasteiger partial charge in [-0.05, 0) is 72.8 Å². The Bertz CT molecular complexity index is 1600. The van der Waals surface area contributed by atoms with Crippen molar-refractivity contribution in [1.29, 1.82) is 0 Å². The third kappa shape index (κ3) is 11.3. The molecule has 0 bridgehead atoms. The molecule has 0 heterocycles. The molecule has 7 aromatic carbocycles. The van der Waals surface area contributed by atoms with E-state index in [-0.39, 0.29) is 0 Å². The van der Waals surface area contributed by atoms with Gasteiger partial charge in [0.15, 0.2) is 0 Å². The SMILES string of the molecule is [Cl][Ru]([Cl])=[CH]c1ccccc1.c1ccc([PH+](c2ccccc2)c2ccccc2)cc1.c1ccc([PH+](c2ccccc2)c2ccccc2)cc1. The topological polar surface area (TPSA) is 0 Å². The number of hydrogen-bond donors (Lipinski definition) is 0. The molecule has 0 saturated carbocycles. The first-order valence-corrected chi connectivity index (χ1v) is 24.1. The second-order valence-electron chi connectivity index (χ2n) is 10.7. The van der Waals surface area contributed by atoms with Gasteiger partial charge in [-0.2, -0.15) is 0 Å². The van der Waals surface area contributed by atoms with E-state index in [1.807, 2.05) is 34.9 Å². The number of halogens is 2. The Balaban J connectivity index is 0.000000148. The predicted octanol–water partition coefficient (Wildman–Crippen LogP) is 9.12. The van der Waals surface area contributed by atoms with Crippen LogP contribution in [0.5, 0.6) is 0 Å². The minimum absolute atomic E-state index is 0.877. The van der Waals surface area contributed by atoms with E-state index < -0.39 is 29.4 Å². The zero-order chi connectivity index (χ0) is 33.2. The Labute approximate surface area is 301 Å². The fraction of sp³-hybridized carbons (Fsp3) is 0. The summed E-state index contributed by atoms with van der Waals surface area (Å²) in [6.45, 7) is 0. The van der Waals surface area contributed by atoms with Gasteiger partial charge in [-0.3, -0.25) is 0 Å². The van der Waals surface area contributed by atoms with Crippen LogP contribution in [0.15, 0.2) is 212 Å². The summed E-state index contributed by atoms with van der Waals surface area (Å²) in [6, 6.07) is 74.9. The van der Waals surface area contributed by atoms with Crippen molar-refractivity contribution in [1.82, 2.24) is 0 Å². The van der Waals surface area contributed by atoms with Crippen molar-refractivity contribution in [3.05, 3.63) is 218 Å². The minimum atomic E-state index is -1.61. The van der Waals surface area contributed by atoms with Gasteiger partial charge in [0.2, 0.25) is 0 Å². The summed E-state index contributed by atoms with van der Waals surface area (Å²) in [5.41, 5.74) is 1.12. The van der Waals surface area contributed by atoms with E-state index in [0.717, 1.165) is 5.56 Å². The summed E-state index contributed by atoms with van der Waals surface area (Å²) in [5, 5.41) is 8.61. The van der Waals surface area contributed by atoms with Crippen LogP contribution >= 0.6 is 35.2 Å². The van der Waals surface area contributed by atoms with Crippen LogP contribution in [-0.4, -0.2) is 4.61 Å². The van der Waals surface area contributed by atoms with Crippen LogP contribution in [0.25, 0.3) is 0 Å². The van der Waals surface area contributed by atoms with E-state index in [1.54, 1.807) is 0 Å². The molecule has 5 heteroatoms. The molecule has 0 amide bonds. The second kappa shape index (κ2) is 20.1. The van der Waals surface area contributed by atoms with Crippen molar-refractivity contribution >= 4 is 71.7 Å². The Morgan fingerprint density at radius 2 is 0.479 bits per heavy atom. The normalized spacial score (nSPS) is 10.6. The molecule has 0 spiro atoms. The first-order valence-electron chi connectivity index (χ1n) is 15.6. The fourth-order valence-corrected chi connectivity index (χ4v) is 12.2. The molecule has 0 aliphatic carbocycles. The fourth-order valence-electron chi connectivity index (χ4n) is 5.24. The third-order valence-corrected chi connectivity index (χ3v) is 14.7. The van der Waals surface area contributed by atoms with E-state index in [0.29, 0.717) is 0 Å². The molecule has 0 unspecified atom stereocenters. The molecule has 0 aliphatic rings. The Morgan fingerprint density at radius 1 is 0.292 bits per heavy atom. The van der Waals surface area contributed by atoms with E-state index in [2.05, 4.69) is 182 Å². The molecule has 0 fully saturated rings.